The fourth-order valence-corrected chi connectivity index (χ4v) is 4.28. The van der Waals surface area contributed by atoms with Crippen LogP contribution in [-0.2, 0) is 11.3 Å². The van der Waals surface area contributed by atoms with E-state index in [1.54, 1.807) is 11.3 Å². The third-order valence-corrected chi connectivity index (χ3v) is 5.63. The molecule has 1 fully saturated rings. The molecule has 1 heterocycles. The van der Waals surface area contributed by atoms with E-state index in [1.165, 1.54) is 4.88 Å². The Labute approximate surface area is 139 Å². The maximum Gasteiger partial charge on any atom is 0.227 e. The van der Waals surface area contributed by atoms with Crippen LogP contribution in [0.3, 0.4) is 0 Å². The lowest BCUT2D eigenvalue weighted by molar-refractivity contribution is -0.138. The van der Waals surface area contributed by atoms with Crippen LogP contribution in [0.2, 0.25) is 0 Å². The number of nitrogens with zero attached hydrogens (tertiary/aromatic N) is 1. The molecule has 0 saturated heterocycles. The molecule has 1 aromatic heterocycles. The van der Waals surface area contributed by atoms with Crippen molar-refractivity contribution in [1.82, 2.24) is 4.90 Å². The highest BCUT2D eigenvalue weighted by molar-refractivity contribution is 9.10. The fourth-order valence-electron chi connectivity index (χ4n) is 2.78. The molecule has 1 aromatic rings. The van der Waals surface area contributed by atoms with Crippen molar-refractivity contribution in [3.05, 3.63) is 20.8 Å². The lowest BCUT2D eigenvalue weighted by Crippen LogP contribution is -2.52. The summed E-state index contributed by atoms with van der Waals surface area (Å²) in [5, 5.41) is 2.04. The van der Waals surface area contributed by atoms with Gasteiger partial charge in [-0.3, -0.25) is 4.79 Å². The summed E-state index contributed by atoms with van der Waals surface area (Å²) in [4.78, 5) is 15.6. The lowest BCUT2D eigenvalue weighted by Gasteiger charge is -2.39. The zero-order valence-electron chi connectivity index (χ0n) is 11.9. The molecule has 114 valence electrons. The van der Waals surface area contributed by atoms with Gasteiger partial charge in [-0.05, 0) is 41.8 Å². The van der Waals surface area contributed by atoms with Crippen LogP contribution in [0.25, 0.3) is 0 Å². The summed E-state index contributed by atoms with van der Waals surface area (Å²) < 4.78 is 1.08. The number of nitrogens with two attached hydrogens (primary N) is 1. The average molecular weight is 382 g/mol. The second-order valence-corrected chi connectivity index (χ2v) is 7.64. The van der Waals surface area contributed by atoms with Crippen LogP contribution in [0, 0.1) is 5.92 Å². The van der Waals surface area contributed by atoms with Gasteiger partial charge in [0.15, 0.2) is 0 Å². The Morgan fingerprint density at radius 2 is 2.30 bits per heavy atom. The standard InChI is InChI=1S/C14H21BrN2OS.ClH/c1-14(16)6-4-3-5-12(14)13(18)17(2)8-11-7-10(15)9-19-11;/h7,9,12H,3-6,8,16H2,1-2H3;1H. The van der Waals surface area contributed by atoms with E-state index in [2.05, 4.69) is 22.0 Å². The van der Waals surface area contributed by atoms with Gasteiger partial charge in [0.05, 0.1) is 12.5 Å². The largest absolute Gasteiger partial charge is 0.340 e. The van der Waals surface area contributed by atoms with Gasteiger partial charge < -0.3 is 10.6 Å². The van der Waals surface area contributed by atoms with E-state index >= 15 is 0 Å². The molecule has 2 rings (SSSR count). The normalized spacial score (nSPS) is 25.9. The highest BCUT2D eigenvalue weighted by atomic mass is 79.9. The number of carbonyl (C=O) groups is 1. The van der Waals surface area contributed by atoms with Gasteiger partial charge in [-0.15, -0.1) is 23.7 Å². The Hall–Kier alpha value is -0.100. The highest BCUT2D eigenvalue weighted by Crippen LogP contribution is 2.33. The molecule has 1 amide bonds. The van der Waals surface area contributed by atoms with Crippen LogP contribution in [0.1, 0.15) is 37.5 Å². The number of halogens is 2. The molecule has 6 heteroatoms. The van der Waals surface area contributed by atoms with Crippen LogP contribution in [0.15, 0.2) is 15.9 Å². The summed E-state index contributed by atoms with van der Waals surface area (Å²) in [5.41, 5.74) is 5.96. The van der Waals surface area contributed by atoms with Crippen molar-refractivity contribution in [2.24, 2.45) is 11.7 Å². The van der Waals surface area contributed by atoms with E-state index in [4.69, 9.17) is 5.73 Å². The molecule has 1 saturated carbocycles. The molecule has 0 aromatic carbocycles. The van der Waals surface area contributed by atoms with Crippen LogP contribution < -0.4 is 5.73 Å². The zero-order chi connectivity index (χ0) is 14.0. The first-order valence-electron chi connectivity index (χ1n) is 6.67. The van der Waals surface area contributed by atoms with E-state index in [9.17, 15) is 4.79 Å². The van der Waals surface area contributed by atoms with Crippen molar-refractivity contribution >= 4 is 45.6 Å². The van der Waals surface area contributed by atoms with Gasteiger partial charge in [-0.25, -0.2) is 0 Å². The number of hydrogen-bond acceptors (Lipinski definition) is 3. The Bertz CT molecular complexity index is 464. The number of rotatable bonds is 3. The summed E-state index contributed by atoms with van der Waals surface area (Å²) in [7, 11) is 1.88. The fraction of sp³-hybridized carbons (Fsp3) is 0.643. The van der Waals surface area contributed by atoms with Crippen molar-refractivity contribution in [3.63, 3.8) is 0 Å². The van der Waals surface area contributed by atoms with Gasteiger partial charge in [0, 0.05) is 27.3 Å². The smallest absolute Gasteiger partial charge is 0.227 e. The Balaban J connectivity index is 0.00000200. The van der Waals surface area contributed by atoms with Crippen LogP contribution >= 0.6 is 39.7 Å². The molecule has 0 spiro atoms. The monoisotopic (exact) mass is 380 g/mol. The topological polar surface area (TPSA) is 46.3 Å². The summed E-state index contributed by atoms with van der Waals surface area (Å²) in [6, 6.07) is 2.07. The van der Waals surface area contributed by atoms with Gasteiger partial charge in [0.1, 0.15) is 0 Å². The molecule has 2 unspecified atom stereocenters. The summed E-state index contributed by atoms with van der Waals surface area (Å²) in [6.45, 7) is 2.69. The minimum atomic E-state index is -0.348. The minimum Gasteiger partial charge on any atom is -0.340 e. The molecule has 1 aliphatic rings. The maximum absolute atomic E-state index is 12.6. The van der Waals surface area contributed by atoms with Gasteiger partial charge >= 0.3 is 0 Å². The third-order valence-electron chi connectivity index (χ3n) is 3.94. The van der Waals surface area contributed by atoms with Crippen molar-refractivity contribution in [1.29, 1.82) is 0 Å². The minimum absolute atomic E-state index is 0. The predicted molar refractivity (Wildman–Crippen MR) is 90.3 cm³/mol. The molecule has 3 nitrogen and oxygen atoms in total. The number of thiophene rings is 1. The molecule has 1 aliphatic carbocycles. The molecular formula is C14H22BrClN2OS. The first-order valence-corrected chi connectivity index (χ1v) is 8.34. The second-order valence-electron chi connectivity index (χ2n) is 5.73. The lowest BCUT2D eigenvalue weighted by atomic mass is 9.74. The molecule has 20 heavy (non-hydrogen) atoms. The first-order chi connectivity index (χ1) is 8.90. The molecule has 2 atom stereocenters. The van der Waals surface area contributed by atoms with Gasteiger partial charge in [0.25, 0.3) is 0 Å². The van der Waals surface area contributed by atoms with Crippen LogP contribution in [0.5, 0.6) is 0 Å². The number of carbonyl (C=O) groups excluding carboxylic acids is 1. The molecular weight excluding hydrogens is 360 g/mol. The number of hydrogen-bond donors (Lipinski definition) is 1. The van der Waals surface area contributed by atoms with Crippen LogP contribution in [-0.4, -0.2) is 23.4 Å². The van der Waals surface area contributed by atoms with Crippen molar-refractivity contribution in [3.8, 4) is 0 Å². The predicted octanol–water partition coefficient (Wildman–Crippen LogP) is 3.80. The van der Waals surface area contributed by atoms with E-state index in [0.29, 0.717) is 6.54 Å². The van der Waals surface area contributed by atoms with Crippen molar-refractivity contribution in [2.75, 3.05) is 7.05 Å². The molecule has 0 aliphatic heterocycles. The van der Waals surface area contributed by atoms with Crippen molar-refractivity contribution in [2.45, 2.75) is 44.7 Å². The zero-order valence-corrected chi connectivity index (χ0v) is 15.1. The number of amides is 1. The summed E-state index contributed by atoms with van der Waals surface area (Å²) in [5.74, 6) is 0.156. The first kappa shape index (κ1) is 18.0. The Morgan fingerprint density at radius 3 is 2.85 bits per heavy atom. The van der Waals surface area contributed by atoms with Gasteiger partial charge in [0.2, 0.25) is 5.91 Å². The van der Waals surface area contributed by atoms with E-state index in [-0.39, 0.29) is 29.8 Å². The SMILES string of the molecule is CN(Cc1cc(Br)cs1)C(=O)C1CCCCC1(C)N.Cl. The van der Waals surface area contributed by atoms with E-state index in [0.717, 1.165) is 30.2 Å². The van der Waals surface area contributed by atoms with Gasteiger partial charge in [-0.1, -0.05) is 12.8 Å². The van der Waals surface area contributed by atoms with Gasteiger partial charge in [-0.2, -0.15) is 0 Å². The third kappa shape index (κ3) is 4.20. The second kappa shape index (κ2) is 7.25. The van der Waals surface area contributed by atoms with Crippen molar-refractivity contribution < 1.29 is 4.79 Å². The average Bonchev–Trinajstić information content (AvgIpc) is 2.73. The maximum atomic E-state index is 12.6. The Morgan fingerprint density at radius 1 is 1.60 bits per heavy atom. The molecule has 0 bridgehead atoms. The molecule has 2 N–H and O–H groups in total. The quantitative estimate of drug-likeness (QED) is 0.865. The highest BCUT2D eigenvalue weighted by Gasteiger charge is 2.39. The van der Waals surface area contributed by atoms with E-state index < -0.39 is 0 Å². The summed E-state index contributed by atoms with van der Waals surface area (Å²) in [6.07, 6.45) is 4.12. The summed E-state index contributed by atoms with van der Waals surface area (Å²) >= 11 is 5.11. The van der Waals surface area contributed by atoms with E-state index in [1.807, 2.05) is 24.3 Å². The van der Waals surface area contributed by atoms with Crippen LogP contribution in [0.4, 0.5) is 0 Å². The molecule has 0 radical (unpaired) electrons. The Kier molecular flexibility index (Phi) is 6.51.